The fraction of sp³-hybridized carbons (Fsp3) is 0. The van der Waals surface area contributed by atoms with Crippen molar-refractivity contribution in [2.45, 2.75) is 0 Å². The van der Waals surface area contributed by atoms with Gasteiger partial charge in [0.25, 0.3) is 10.4 Å². The van der Waals surface area contributed by atoms with Gasteiger partial charge >= 0.3 is 0 Å². The molecule has 0 radical (unpaired) electrons. The lowest BCUT2D eigenvalue weighted by Crippen LogP contribution is -1.91. The largest absolute Gasteiger partial charge is 0.307 e. The number of rotatable bonds is 1. The lowest BCUT2D eigenvalue weighted by Gasteiger charge is -1.89. The van der Waals surface area contributed by atoms with E-state index in [-0.39, 0.29) is 10.4 Å². The van der Waals surface area contributed by atoms with Gasteiger partial charge in [-0.3, -0.25) is 14.9 Å². The molecule has 0 fully saturated rings. The van der Waals surface area contributed by atoms with E-state index in [1.807, 2.05) is 0 Å². The number of hydrogen-bond acceptors (Lipinski definition) is 4. The van der Waals surface area contributed by atoms with Crippen molar-refractivity contribution < 1.29 is 4.92 Å². The van der Waals surface area contributed by atoms with Gasteiger partial charge in [0.15, 0.2) is 0 Å². The van der Waals surface area contributed by atoms with Gasteiger partial charge in [-0.2, -0.15) is 0 Å². The second-order valence-electron chi connectivity index (χ2n) is 2.48. The van der Waals surface area contributed by atoms with E-state index in [1.54, 1.807) is 0 Å². The maximum atomic E-state index is 11.1. The zero-order chi connectivity index (χ0) is 9.42. The summed E-state index contributed by atoms with van der Waals surface area (Å²) in [4.78, 5) is 21.0. The Hall–Kier alpha value is -1.69. The summed E-state index contributed by atoms with van der Waals surface area (Å²) in [5, 5.41) is 10.7. The van der Waals surface area contributed by atoms with Gasteiger partial charge in [0.05, 0.1) is 15.8 Å². The van der Waals surface area contributed by atoms with Crippen LogP contribution in [0.4, 0.5) is 5.69 Å². The number of nitrogens with zero attached hydrogens (tertiary/aromatic N) is 1. The number of nitro benzene ring substituents is 1. The van der Waals surface area contributed by atoms with Gasteiger partial charge in [-0.1, -0.05) is 0 Å². The summed E-state index contributed by atoms with van der Waals surface area (Å²) in [6, 6.07) is 4.18. The number of nitrogens with one attached hydrogen (secondary N) is 1. The third-order valence-corrected chi connectivity index (χ3v) is 2.41. The number of aromatic nitrogens is 1. The molecule has 2 rings (SSSR count). The summed E-state index contributed by atoms with van der Waals surface area (Å²) in [5.74, 6) is 0. The Balaban J connectivity index is 2.80. The zero-order valence-corrected chi connectivity index (χ0v) is 7.13. The molecule has 0 bridgehead atoms. The molecule has 1 aromatic carbocycles. The molecule has 0 unspecified atom stereocenters. The summed E-state index contributed by atoms with van der Waals surface area (Å²) >= 11 is 0.935. The minimum absolute atomic E-state index is 0.0589. The van der Waals surface area contributed by atoms with Gasteiger partial charge in [0, 0.05) is 12.1 Å². The molecule has 0 aliphatic heterocycles. The van der Waals surface area contributed by atoms with E-state index < -0.39 is 4.92 Å². The average Bonchev–Trinajstić information content (AvgIpc) is 2.47. The van der Waals surface area contributed by atoms with E-state index >= 15 is 0 Å². The first-order chi connectivity index (χ1) is 6.18. The van der Waals surface area contributed by atoms with Crippen molar-refractivity contribution in [1.29, 1.82) is 0 Å². The van der Waals surface area contributed by atoms with Crippen LogP contribution in [0, 0.1) is 10.1 Å². The molecule has 0 saturated heterocycles. The molecule has 66 valence electrons. The SMILES string of the molecule is O=c1s[nH]c2ccc([N+](=O)[O-])cc12. The molecular weight excluding hydrogens is 192 g/mol. The van der Waals surface area contributed by atoms with Crippen LogP contribution >= 0.6 is 11.5 Å². The third-order valence-electron chi connectivity index (χ3n) is 1.69. The first-order valence-electron chi connectivity index (χ1n) is 3.44. The van der Waals surface area contributed by atoms with Gasteiger partial charge in [-0.05, 0) is 17.6 Å². The van der Waals surface area contributed by atoms with Crippen LogP contribution in [0.1, 0.15) is 0 Å². The highest BCUT2D eigenvalue weighted by atomic mass is 32.1. The molecule has 1 aromatic heterocycles. The quantitative estimate of drug-likeness (QED) is 0.554. The maximum absolute atomic E-state index is 11.1. The number of nitro groups is 1. The van der Waals surface area contributed by atoms with Crippen molar-refractivity contribution in [2.75, 3.05) is 0 Å². The van der Waals surface area contributed by atoms with E-state index in [9.17, 15) is 14.9 Å². The molecule has 1 heterocycles. The average molecular weight is 196 g/mol. The van der Waals surface area contributed by atoms with Crippen LogP contribution in [0.25, 0.3) is 10.9 Å². The smallest absolute Gasteiger partial charge is 0.270 e. The molecule has 5 nitrogen and oxygen atoms in total. The second kappa shape index (κ2) is 2.67. The molecule has 6 heteroatoms. The highest BCUT2D eigenvalue weighted by molar-refractivity contribution is 7.04. The van der Waals surface area contributed by atoms with Gasteiger partial charge in [0.2, 0.25) is 0 Å². The van der Waals surface area contributed by atoms with Crippen molar-refractivity contribution in [3.63, 3.8) is 0 Å². The lowest BCUT2D eigenvalue weighted by molar-refractivity contribution is -0.384. The van der Waals surface area contributed by atoms with E-state index in [0.717, 1.165) is 11.5 Å². The van der Waals surface area contributed by atoms with E-state index in [2.05, 4.69) is 4.37 Å². The molecule has 1 N–H and O–H groups in total. The highest BCUT2D eigenvalue weighted by Gasteiger charge is 2.08. The van der Waals surface area contributed by atoms with Crippen LogP contribution < -0.4 is 4.74 Å². The number of benzene rings is 1. The van der Waals surface area contributed by atoms with Gasteiger partial charge < -0.3 is 4.37 Å². The number of non-ortho nitro benzene ring substituents is 1. The number of hydrogen-bond donors (Lipinski definition) is 1. The van der Waals surface area contributed by atoms with Crippen LogP contribution in [0.5, 0.6) is 0 Å². The Bertz CT molecular complexity index is 528. The van der Waals surface area contributed by atoms with E-state index in [1.165, 1.54) is 18.2 Å². The molecule has 0 aliphatic carbocycles. The Labute approximate surface area is 75.9 Å². The molecule has 0 amide bonds. The Kier molecular flexibility index (Phi) is 1.63. The Morgan fingerprint density at radius 1 is 1.46 bits per heavy atom. The summed E-state index contributed by atoms with van der Waals surface area (Å²) in [6.07, 6.45) is 0. The molecule has 0 aliphatic rings. The third kappa shape index (κ3) is 1.20. The van der Waals surface area contributed by atoms with Crippen molar-refractivity contribution in [3.05, 3.63) is 37.9 Å². The number of fused-ring (bicyclic) bond motifs is 1. The van der Waals surface area contributed by atoms with Crippen LogP contribution in [0.15, 0.2) is 23.0 Å². The van der Waals surface area contributed by atoms with Crippen molar-refractivity contribution in [3.8, 4) is 0 Å². The first-order valence-corrected chi connectivity index (χ1v) is 4.26. The first kappa shape index (κ1) is 7.93. The molecule has 0 saturated carbocycles. The van der Waals surface area contributed by atoms with Gasteiger partial charge in [0.1, 0.15) is 0 Å². The fourth-order valence-electron chi connectivity index (χ4n) is 1.06. The van der Waals surface area contributed by atoms with Crippen LogP contribution in [-0.4, -0.2) is 9.30 Å². The van der Waals surface area contributed by atoms with Crippen LogP contribution in [0.3, 0.4) is 0 Å². The molecule has 13 heavy (non-hydrogen) atoms. The second-order valence-corrected chi connectivity index (χ2v) is 3.26. The molecule has 0 spiro atoms. The monoisotopic (exact) mass is 196 g/mol. The number of aromatic amines is 1. The van der Waals surface area contributed by atoms with E-state index in [0.29, 0.717) is 10.9 Å². The Morgan fingerprint density at radius 2 is 2.23 bits per heavy atom. The topological polar surface area (TPSA) is 76.0 Å². The summed E-state index contributed by atoms with van der Waals surface area (Å²) in [7, 11) is 0. The summed E-state index contributed by atoms with van der Waals surface area (Å²) in [5.41, 5.74) is 0.581. The Morgan fingerprint density at radius 3 is 2.92 bits per heavy atom. The van der Waals surface area contributed by atoms with E-state index in [4.69, 9.17) is 0 Å². The minimum Gasteiger partial charge on any atom is -0.307 e. The van der Waals surface area contributed by atoms with Gasteiger partial charge in [-0.25, -0.2) is 0 Å². The summed E-state index contributed by atoms with van der Waals surface area (Å²) in [6.45, 7) is 0. The summed E-state index contributed by atoms with van der Waals surface area (Å²) < 4.78 is 2.58. The highest BCUT2D eigenvalue weighted by Crippen LogP contribution is 2.17. The van der Waals surface area contributed by atoms with Crippen molar-refractivity contribution >= 4 is 28.1 Å². The minimum atomic E-state index is -0.517. The molecule has 0 atom stereocenters. The van der Waals surface area contributed by atoms with Crippen LogP contribution in [0.2, 0.25) is 0 Å². The molecular formula is C7H4N2O3S. The predicted octanol–water partition coefficient (Wildman–Crippen LogP) is 1.50. The van der Waals surface area contributed by atoms with Crippen LogP contribution in [-0.2, 0) is 0 Å². The standard InChI is InChI=1S/C7H4N2O3S/c10-7-5-3-4(9(11)12)1-2-6(5)8-13-7/h1-3,8H. The van der Waals surface area contributed by atoms with Crippen molar-refractivity contribution in [2.24, 2.45) is 0 Å². The van der Waals surface area contributed by atoms with Crippen molar-refractivity contribution in [1.82, 2.24) is 4.37 Å². The maximum Gasteiger partial charge on any atom is 0.270 e. The number of H-pyrrole nitrogens is 1. The normalized spacial score (nSPS) is 10.5. The zero-order valence-electron chi connectivity index (χ0n) is 6.31. The fourth-order valence-corrected chi connectivity index (χ4v) is 1.72. The van der Waals surface area contributed by atoms with Gasteiger partial charge in [-0.15, -0.1) is 0 Å². The predicted molar refractivity (Wildman–Crippen MR) is 49.1 cm³/mol. The lowest BCUT2D eigenvalue weighted by atomic mass is 10.2. The molecule has 2 aromatic rings.